The lowest BCUT2D eigenvalue weighted by Crippen LogP contribution is -2.52. The third kappa shape index (κ3) is 6.86. The zero-order chi connectivity index (χ0) is 22.2. The highest BCUT2D eigenvalue weighted by Gasteiger charge is 2.27. The Kier molecular flexibility index (Phi) is 8.58. The van der Waals surface area contributed by atoms with E-state index in [4.69, 9.17) is 14.2 Å². The Labute approximate surface area is 186 Å². The molecule has 6 heteroatoms. The molecule has 1 aliphatic heterocycles. The van der Waals surface area contributed by atoms with Crippen molar-refractivity contribution in [2.45, 2.75) is 45.5 Å². The first-order chi connectivity index (χ1) is 15.0. The van der Waals surface area contributed by atoms with Gasteiger partial charge in [0.05, 0.1) is 20.3 Å². The van der Waals surface area contributed by atoms with Crippen LogP contribution in [0.4, 0.5) is 0 Å². The van der Waals surface area contributed by atoms with Crippen molar-refractivity contribution in [3.8, 4) is 17.2 Å². The first-order valence-corrected chi connectivity index (χ1v) is 11.1. The van der Waals surface area contributed by atoms with Crippen molar-refractivity contribution in [1.29, 1.82) is 0 Å². The van der Waals surface area contributed by atoms with Gasteiger partial charge in [-0.25, -0.2) is 0 Å². The molecule has 1 heterocycles. The third-order valence-corrected chi connectivity index (χ3v) is 5.65. The average molecular weight is 429 g/mol. The summed E-state index contributed by atoms with van der Waals surface area (Å²) in [5.41, 5.74) is 2.44. The Morgan fingerprint density at radius 3 is 2.16 bits per heavy atom. The maximum atomic E-state index is 9.65. The molecule has 31 heavy (non-hydrogen) atoms. The van der Waals surface area contributed by atoms with Crippen LogP contribution in [0, 0.1) is 0 Å². The van der Waals surface area contributed by atoms with Gasteiger partial charge in [0.1, 0.15) is 17.2 Å². The highest BCUT2D eigenvalue weighted by Crippen LogP contribution is 2.25. The van der Waals surface area contributed by atoms with Crippen LogP contribution >= 0.6 is 0 Å². The number of aliphatic hydroxyl groups is 1. The van der Waals surface area contributed by atoms with Crippen molar-refractivity contribution in [2.24, 2.45) is 0 Å². The van der Waals surface area contributed by atoms with E-state index < -0.39 is 0 Å². The quantitative estimate of drug-likeness (QED) is 0.625. The second kappa shape index (κ2) is 11.4. The van der Waals surface area contributed by atoms with E-state index in [9.17, 15) is 5.11 Å². The molecule has 1 atom stereocenters. The molecular formula is C25H36N2O4. The van der Waals surface area contributed by atoms with Gasteiger partial charge >= 0.3 is 0 Å². The van der Waals surface area contributed by atoms with Gasteiger partial charge in [0.15, 0.2) is 0 Å². The van der Waals surface area contributed by atoms with Crippen LogP contribution in [-0.2, 0) is 13.1 Å². The molecule has 1 N–H and O–H groups in total. The summed E-state index contributed by atoms with van der Waals surface area (Å²) >= 11 is 0. The first-order valence-electron chi connectivity index (χ1n) is 11.1. The fourth-order valence-corrected chi connectivity index (χ4v) is 4.13. The third-order valence-electron chi connectivity index (χ3n) is 5.65. The molecule has 0 amide bonds. The van der Waals surface area contributed by atoms with E-state index in [1.54, 1.807) is 14.2 Å². The van der Waals surface area contributed by atoms with Crippen LogP contribution in [0.15, 0.2) is 42.5 Å². The zero-order valence-electron chi connectivity index (χ0n) is 19.2. The lowest BCUT2D eigenvalue weighted by molar-refractivity contribution is 0.0499. The van der Waals surface area contributed by atoms with Gasteiger partial charge in [-0.1, -0.05) is 12.1 Å². The number of aliphatic hydroxyl groups excluding tert-OH is 1. The molecular weight excluding hydrogens is 392 g/mol. The fraction of sp³-hybridized carbons (Fsp3) is 0.520. The number of benzene rings is 2. The normalized spacial score (nSPS) is 17.7. The zero-order valence-corrected chi connectivity index (χ0v) is 19.2. The fourth-order valence-electron chi connectivity index (χ4n) is 4.13. The second-order valence-corrected chi connectivity index (χ2v) is 8.40. The summed E-state index contributed by atoms with van der Waals surface area (Å²) in [6, 6.07) is 14.7. The average Bonchev–Trinajstić information content (AvgIpc) is 2.76. The van der Waals surface area contributed by atoms with Crippen molar-refractivity contribution < 1.29 is 19.3 Å². The number of methoxy groups -OCH3 is 2. The lowest BCUT2D eigenvalue weighted by atomic mass is 10.1. The smallest absolute Gasteiger partial charge is 0.122 e. The Balaban J connectivity index is 1.62. The molecule has 1 saturated heterocycles. The summed E-state index contributed by atoms with van der Waals surface area (Å²) in [4.78, 5) is 4.93. The number of ether oxygens (including phenoxy) is 3. The van der Waals surface area contributed by atoms with Crippen LogP contribution in [0.5, 0.6) is 17.2 Å². The van der Waals surface area contributed by atoms with Crippen LogP contribution in [-0.4, -0.2) is 67.5 Å². The molecule has 0 aliphatic carbocycles. The second-order valence-electron chi connectivity index (χ2n) is 8.40. The summed E-state index contributed by atoms with van der Waals surface area (Å²) in [5.74, 6) is 2.52. The molecule has 3 rings (SSSR count). The van der Waals surface area contributed by atoms with Crippen molar-refractivity contribution in [3.05, 3.63) is 53.6 Å². The Morgan fingerprint density at radius 1 is 0.903 bits per heavy atom. The van der Waals surface area contributed by atoms with Crippen molar-refractivity contribution in [3.63, 3.8) is 0 Å². The van der Waals surface area contributed by atoms with Crippen molar-refractivity contribution in [1.82, 2.24) is 9.80 Å². The maximum Gasteiger partial charge on any atom is 0.122 e. The summed E-state index contributed by atoms with van der Waals surface area (Å²) in [5, 5.41) is 9.65. The van der Waals surface area contributed by atoms with Gasteiger partial charge in [-0.2, -0.15) is 0 Å². The molecule has 1 fully saturated rings. The molecule has 1 aliphatic rings. The summed E-state index contributed by atoms with van der Waals surface area (Å²) in [6.07, 6.45) is 0.946. The highest BCUT2D eigenvalue weighted by atomic mass is 16.5. The topological polar surface area (TPSA) is 54.4 Å². The minimum atomic E-state index is 0.183. The Morgan fingerprint density at radius 2 is 1.58 bits per heavy atom. The van der Waals surface area contributed by atoms with E-state index in [2.05, 4.69) is 34.1 Å². The van der Waals surface area contributed by atoms with E-state index in [-0.39, 0.29) is 12.7 Å². The Hall–Kier alpha value is -2.28. The highest BCUT2D eigenvalue weighted by molar-refractivity contribution is 5.38. The summed E-state index contributed by atoms with van der Waals surface area (Å²) < 4.78 is 16.6. The molecule has 0 spiro atoms. The molecule has 2 aromatic rings. The molecule has 0 saturated carbocycles. The number of hydrogen-bond acceptors (Lipinski definition) is 6. The van der Waals surface area contributed by atoms with Gasteiger partial charge in [0.2, 0.25) is 0 Å². The number of nitrogens with zero attached hydrogens (tertiary/aromatic N) is 2. The van der Waals surface area contributed by atoms with Gasteiger partial charge < -0.3 is 19.3 Å². The lowest BCUT2D eigenvalue weighted by Gasteiger charge is -2.41. The van der Waals surface area contributed by atoms with Crippen LogP contribution in [0.2, 0.25) is 0 Å². The minimum Gasteiger partial charge on any atom is -0.497 e. The standard InChI is InChI=1S/C25H36N2O4/c1-19(2)31-23-7-5-20(6-8-23)16-26-10-11-27(22(18-26)9-12-28)17-21-13-24(29-3)15-25(14-21)30-4/h5-8,13-15,19,22,28H,9-12,16-18H2,1-4H3/t22-/m0/s1. The van der Waals surface area contributed by atoms with Gasteiger partial charge in [0.25, 0.3) is 0 Å². The number of piperazine rings is 1. The van der Waals surface area contributed by atoms with Gasteiger partial charge in [-0.15, -0.1) is 0 Å². The van der Waals surface area contributed by atoms with Crippen LogP contribution in [0.25, 0.3) is 0 Å². The van der Waals surface area contributed by atoms with E-state index in [1.165, 1.54) is 5.56 Å². The molecule has 6 nitrogen and oxygen atoms in total. The molecule has 0 radical (unpaired) electrons. The molecule has 170 valence electrons. The predicted molar refractivity (Wildman–Crippen MR) is 123 cm³/mol. The maximum absolute atomic E-state index is 9.65. The SMILES string of the molecule is COc1cc(CN2CCN(Cc3ccc(OC(C)C)cc3)C[C@@H]2CCO)cc(OC)c1. The Bertz CT molecular complexity index is 787. The predicted octanol–water partition coefficient (Wildman–Crippen LogP) is 3.56. The number of hydrogen-bond donors (Lipinski definition) is 1. The molecule has 0 aromatic heterocycles. The summed E-state index contributed by atoms with van der Waals surface area (Å²) in [6.45, 7) is 8.88. The molecule has 0 unspecified atom stereocenters. The van der Waals surface area contributed by atoms with Crippen LogP contribution in [0.1, 0.15) is 31.4 Å². The van der Waals surface area contributed by atoms with E-state index >= 15 is 0 Å². The summed E-state index contributed by atoms with van der Waals surface area (Å²) in [7, 11) is 3.35. The number of rotatable bonds is 10. The first kappa shape index (κ1) is 23.4. The van der Waals surface area contributed by atoms with E-state index in [1.807, 2.05) is 32.0 Å². The van der Waals surface area contributed by atoms with E-state index in [0.29, 0.717) is 6.04 Å². The van der Waals surface area contributed by atoms with Crippen LogP contribution < -0.4 is 14.2 Å². The minimum absolute atomic E-state index is 0.183. The van der Waals surface area contributed by atoms with Gasteiger partial charge in [0, 0.05) is 51.4 Å². The monoisotopic (exact) mass is 428 g/mol. The largest absolute Gasteiger partial charge is 0.497 e. The van der Waals surface area contributed by atoms with Crippen molar-refractivity contribution in [2.75, 3.05) is 40.5 Å². The molecule has 0 bridgehead atoms. The van der Waals surface area contributed by atoms with Gasteiger partial charge in [-0.3, -0.25) is 9.80 Å². The van der Waals surface area contributed by atoms with Crippen molar-refractivity contribution >= 4 is 0 Å². The van der Waals surface area contributed by atoms with Gasteiger partial charge in [-0.05, 0) is 55.7 Å². The van der Waals surface area contributed by atoms with Crippen LogP contribution in [0.3, 0.4) is 0 Å². The van der Waals surface area contributed by atoms with E-state index in [0.717, 1.165) is 62.0 Å². The molecule has 2 aromatic carbocycles.